The molecule has 0 saturated heterocycles. The molecule has 1 rings (SSSR count). The normalized spacial score (nSPS) is 12.4. The van der Waals surface area contributed by atoms with E-state index in [-0.39, 0.29) is 5.41 Å². The number of H-pyrrole nitrogens is 1. The molecule has 0 aliphatic carbocycles. The molecule has 1 aromatic rings. The van der Waals surface area contributed by atoms with Crippen LogP contribution in [-0.2, 0) is 6.54 Å². The maximum atomic E-state index is 4.27. The van der Waals surface area contributed by atoms with Gasteiger partial charge in [0.25, 0.3) is 0 Å². The van der Waals surface area contributed by atoms with E-state index in [2.05, 4.69) is 55.1 Å². The SMILES string of the molecule is Cc1[nH]cnc1CNCC(C)(C)CN(C)C. The number of hydrogen-bond donors (Lipinski definition) is 2. The van der Waals surface area contributed by atoms with Gasteiger partial charge in [-0.3, -0.25) is 0 Å². The quantitative estimate of drug-likeness (QED) is 0.767. The van der Waals surface area contributed by atoms with Crippen molar-refractivity contribution in [3.05, 3.63) is 17.7 Å². The van der Waals surface area contributed by atoms with E-state index < -0.39 is 0 Å². The summed E-state index contributed by atoms with van der Waals surface area (Å²) in [6, 6.07) is 0. The number of hydrogen-bond acceptors (Lipinski definition) is 3. The highest BCUT2D eigenvalue weighted by Crippen LogP contribution is 2.14. The Labute approximate surface area is 98.5 Å². The fourth-order valence-corrected chi connectivity index (χ4v) is 2.00. The molecule has 16 heavy (non-hydrogen) atoms. The van der Waals surface area contributed by atoms with E-state index in [1.807, 2.05) is 0 Å². The van der Waals surface area contributed by atoms with E-state index in [1.54, 1.807) is 6.33 Å². The Hall–Kier alpha value is -0.870. The molecule has 0 amide bonds. The second kappa shape index (κ2) is 5.46. The number of nitrogens with zero attached hydrogens (tertiary/aromatic N) is 2. The van der Waals surface area contributed by atoms with Crippen molar-refractivity contribution >= 4 is 0 Å². The highest BCUT2D eigenvalue weighted by atomic mass is 15.1. The smallest absolute Gasteiger partial charge is 0.0925 e. The zero-order valence-electron chi connectivity index (χ0n) is 11.1. The first-order valence-corrected chi connectivity index (χ1v) is 5.75. The van der Waals surface area contributed by atoms with Crippen LogP contribution in [-0.4, -0.2) is 42.1 Å². The van der Waals surface area contributed by atoms with Gasteiger partial charge in [-0.25, -0.2) is 4.98 Å². The minimum absolute atomic E-state index is 0.285. The molecule has 1 heterocycles. The molecule has 0 radical (unpaired) electrons. The number of aromatic nitrogens is 2. The molecule has 0 aliphatic rings. The monoisotopic (exact) mass is 224 g/mol. The zero-order chi connectivity index (χ0) is 12.2. The maximum Gasteiger partial charge on any atom is 0.0925 e. The van der Waals surface area contributed by atoms with Crippen molar-refractivity contribution in [1.29, 1.82) is 0 Å². The molecular formula is C12H24N4. The fourth-order valence-electron chi connectivity index (χ4n) is 2.00. The summed E-state index contributed by atoms with van der Waals surface area (Å²) in [5.74, 6) is 0. The van der Waals surface area contributed by atoms with Crippen LogP contribution in [0.1, 0.15) is 25.2 Å². The van der Waals surface area contributed by atoms with Crippen LogP contribution in [0.5, 0.6) is 0 Å². The zero-order valence-corrected chi connectivity index (χ0v) is 11.1. The van der Waals surface area contributed by atoms with Crippen LogP contribution >= 0.6 is 0 Å². The van der Waals surface area contributed by atoms with Crippen LogP contribution in [0.15, 0.2) is 6.33 Å². The van der Waals surface area contributed by atoms with Gasteiger partial charge in [-0.1, -0.05) is 13.8 Å². The van der Waals surface area contributed by atoms with Gasteiger partial charge in [-0.15, -0.1) is 0 Å². The molecule has 0 fully saturated rings. The van der Waals surface area contributed by atoms with Crippen LogP contribution < -0.4 is 5.32 Å². The van der Waals surface area contributed by atoms with Crippen LogP contribution in [0.3, 0.4) is 0 Å². The fraction of sp³-hybridized carbons (Fsp3) is 0.750. The summed E-state index contributed by atoms with van der Waals surface area (Å²) in [6.07, 6.45) is 1.75. The van der Waals surface area contributed by atoms with Crippen molar-refractivity contribution in [1.82, 2.24) is 20.2 Å². The molecule has 0 saturated carbocycles. The number of imidazole rings is 1. The van der Waals surface area contributed by atoms with Crippen LogP contribution in [0, 0.1) is 12.3 Å². The molecule has 4 heteroatoms. The molecule has 0 unspecified atom stereocenters. The van der Waals surface area contributed by atoms with E-state index in [9.17, 15) is 0 Å². The lowest BCUT2D eigenvalue weighted by Crippen LogP contribution is -2.37. The highest BCUT2D eigenvalue weighted by molar-refractivity contribution is 5.07. The molecule has 92 valence electrons. The minimum Gasteiger partial charge on any atom is -0.348 e. The first kappa shape index (κ1) is 13.2. The largest absolute Gasteiger partial charge is 0.348 e. The van der Waals surface area contributed by atoms with Crippen molar-refractivity contribution in [3.8, 4) is 0 Å². The number of aryl methyl sites for hydroxylation is 1. The Kier molecular flexibility index (Phi) is 4.50. The van der Waals surface area contributed by atoms with Gasteiger partial charge in [0.2, 0.25) is 0 Å². The van der Waals surface area contributed by atoms with Gasteiger partial charge in [-0.2, -0.15) is 0 Å². The molecule has 4 nitrogen and oxygen atoms in total. The van der Waals surface area contributed by atoms with Crippen molar-refractivity contribution < 1.29 is 0 Å². The summed E-state index contributed by atoms with van der Waals surface area (Å²) in [5.41, 5.74) is 2.55. The van der Waals surface area contributed by atoms with Crippen molar-refractivity contribution in [3.63, 3.8) is 0 Å². The van der Waals surface area contributed by atoms with Gasteiger partial charge in [-0.05, 0) is 26.4 Å². The van der Waals surface area contributed by atoms with Gasteiger partial charge < -0.3 is 15.2 Å². The van der Waals surface area contributed by atoms with E-state index in [1.165, 1.54) is 0 Å². The first-order valence-electron chi connectivity index (χ1n) is 5.75. The summed E-state index contributed by atoms with van der Waals surface area (Å²) in [7, 11) is 4.22. The van der Waals surface area contributed by atoms with Crippen molar-refractivity contribution in [2.75, 3.05) is 27.2 Å². The molecular weight excluding hydrogens is 200 g/mol. The van der Waals surface area contributed by atoms with Crippen LogP contribution in [0.2, 0.25) is 0 Å². The molecule has 0 aromatic carbocycles. The van der Waals surface area contributed by atoms with Crippen LogP contribution in [0.4, 0.5) is 0 Å². The topological polar surface area (TPSA) is 44.0 Å². The summed E-state index contributed by atoms with van der Waals surface area (Å²) < 4.78 is 0. The van der Waals surface area contributed by atoms with Gasteiger partial charge >= 0.3 is 0 Å². The van der Waals surface area contributed by atoms with E-state index in [4.69, 9.17) is 0 Å². The summed E-state index contributed by atoms with van der Waals surface area (Å²) in [5, 5.41) is 3.47. The minimum atomic E-state index is 0.285. The van der Waals surface area contributed by atoms with Gasteiger partial charge in [0.1, 0.15) is 0 Å². The highest BCUT2D eigenvalue weighted by Gasteiger charge is 2.18. The van der Waals surface area contributed by atoms with Crippen molar-refractivity contribution in [2.24, 2.45) is 5.41 Å². The Bertz CT molecular complexity index is 315. The first-order chi connectivity index (χ1) is 7.41. The van der Waals surface area contributed by atoms with Gasteiger partial charge in [0.05, 0.1) is 12.0 Å². The second-order valence-corrected chi connectivity index (χ2v) is 5.48. The lowest BCUT2D eigenvalue weighted by Gasteiger charge is -2.28. The third-order valence-corrected chi connectivity index (χ3v) is 2.57. The van der Waals surface area contributed by atoms with E-state index in [0.717, 1.165) is 31.0 Å². The molecule has 0 atom stereocenters. The summed E-state index contributed by atoms with van der Waals surface area (Å²) in [6.45, 7) is 9.52. The lowest BCUT2D eigenvalue weighted by atomic mass is 9.93. The number of aromatic amines is 1. The molecule has 0 aliphatic heterocycles. The van der Waals surface area contributed by atoms with E-state index >= 15 is 0 Å². The standard InChI is InChI=1S/C12H24N4/c1-10-11(15-9-14-10)6-13-7-12(2,3)8-16(4)5/h9,13H,6-8H2,1-5H3,(H,14,15). The number of nitrogens with one attached hydrogen (secondary N) is 2. The lowest BCUT2D eigenvalue weighted by molar-refractivity contribution is 0.232. The Morgan fingerprint density at radius 2 is 2.12 bits per heavy atom. The van der Waals surface area contributed by atoms with E-state index in [0.29, 0.717) is 0 Å². The predicted octanol–water partition coefficient (Wildman–Crippen LogP) is 1.40. The van der Waals surface area contributed by atoms with Gasteiger partial charge in [0, 0.05) is 25.3 Å². The second-order valence-electron chi connectivity index (χ2n) is 5.48. The van der Waals surface area contributed by atoms with Crippen LogP contribution in [0.25, 0.3) is 0 Å². The average molecular weight is 224 g/mol. The Morgan fingerprint density at radius 1 is 1.44 bits per heavy atom. The Morgan fingerprint density at radius 3 is 2.62 bits per heavy atom. The van der Waals surface area contributed by atoms with Crippen molar-refractivity contribution in [2.45, 2.75) is 27.3 Å². The average Bonchev–Trinajstić information content (AvgIpc) is 2.49. The maximum absolute atomic E-state index is 4.27. The Balaban J connectivity index is 2.32. The molecule has 2 N–H and O–H groups in total. The molecule has 0 spiro atoms. The van der Waals surface area contributed by atoms with Gasteiger partial charge in [0.15, 0.2) is 0 Å². The molecule has 1 aromatic heterocycles. The predicted molar refractivity (Wildman–Crippen MR) is 67.4 cm³/mol. The third kappa shape index (κ3) is 4.33. The third-order valence-electron chi connectivity index (χ3n) is 2.57. The number of rotatable bonds is 6. The summed E-state index contributed by atoms with van der Waals surface area (Å²) >= 11 is 0. The molecule has 0 bridgehead atoms. The summed E-state index contributed by atoms with van der Waals surface area (Å²) in [4.78, 5) is 9.58.